The highest BCUT2D eigenvalue weighted by atomic mass is 16.6. The Bertz CT molecular complexity index is 690. The first kappa shape index (κ1) is 17.7. The third kappa shape index (κ3) is 4.44. The van der Waals surface area contributed by atoms with Crippen LogP contribution in [-0.2, 0) is 4.74 Å². The second-order valence-electron chi connectivity index (χ2n) is 6.61. The van der Waals surface area contributed by atoms with Gasteiger partial charge in [0.25, 0.3) is 5.91 Å². The molecule has 4 heteroatoms. The summed E-state index contributed by atoms with van der Waals surface area (Å²) < 4.78 is 5.45. The Morgan fingerprint density at radius 2 is 1.42 bits per heavy atom. The maximum Gasteiger partial charge on any atom is 0.417 e. The number of rotatable bonds is 3. The largest absolute Gasteiger partial charge is 0.443 e. The molecule has 24 heavy (non-hydrogen) atoms. The minimum atomic E-state index is -0.678. The number of hydrogen-bond acceptors (Lipinski definition) is 3. The van der Waals surface area contributed by atoms with Crippen LogP contribution in [0.1, 0.15) is 49.7 Å². The zero-order chi connectivity index (χ0) is 17.7. The SMILES string of the molecule is C[C@H](c1ccccc1)N(C(=O)OC(C)(C)C)C(=O)c1ccccc1. The Morgan fingerprint density at radius 3 is 1.92 bits per heavy atom. The number of benzene rings is 2. The number of hydrogen-bond donors (Lipinski definition) is 0. The summed E-state index contributed by atoms with van der Waals surface area (Å²) in [4.78, 5) is 26.8. The summed E-state index contributed by atoms with van der Waals surface area (Å²) in [6.45, 7) is 7.16. The van der Waals surface area contributed by atoms with Gasteiger partial charge >= 0.3 is 6.09 Å². The molecule has 1 atom stereocenters. The fraction of sp³-hybridized carbons (Fsp3) is 0.300. The van der Waals surface area contributed by atoms with Crippen molar-refractivity contribution >= 4 is 12.0 Å². The highest BCUT2D eigenvalue weighted by Gasteiger charge is 2.32. The molecule has 0 saturated carbocycles. The predicted molar refractivity (Wildman–Crippen MR) is 93.7 cm³/mol. The first-order chi connectivity index (χ1) is 11.3. The molecule has 0 aliphatic carbocycles. The molecule has 0 aromatic heterocycles. The van der Waals surface area contributed by atoms with Gasteiger partial charge in [-0.3, -0.25) is 4.79 Å². The van der Waals surface area contributed by atoms with Crippen LogP contribution in [0, 0.1) is 0 Å². The van der Waals surface area contributed by atoms with Crippen LogP contribution in [0.25, 0.3) is 0 Å². The Morgan fingerprint density at radius 1 is 0.917 bits per heavy atom. The molecule has 0 heterocycles. The summed E-state index contributed by atoms with van der Waals surface area (Å²) in [6.07, 6.45) is -0.646. The van der Waals surface area contributed by atoms with E-state index in [4.69, 9.17) is 4.74 Å². The van der Waals surface area contributed by atoms with Gasteiger partial charge in [0.1, 0.15) is 5.60 Å². The smallest absolute Gasteiger partial charge is 0.417 e. The molecule has 2 aromatic carbocycles. The lowest BCUT2D eigenvalue weighted by molar-refractivity contribution is 0.0176. The Labute approximate surface area is 143 Å². The van der Waals surface area contributed by atoms with Crippen LogP contribution >= 0.6 is 0 Å². The van der Waals surface area contributed by atoms with Crippen LogP contribution in [0.4, 0.5) is 4.79 Å². The minimum absolute atomic E-state index is 0.374. The van der Waals surface area contributed by atoms with Crippen molar-refractivity contribution in [2.45, 2.75) is 39.3 Å². The molecular formula is C20H23NO3. The van der Waals surface area contributed by atoms with Crippen molar-refractivity contribution in [2.24, 2.45) is 0 Å². The number of ether oxygens (including phenoxy) is 1. The molecule has 4 nitrogen and oxygen atoms in total. The quantitative estimate of drug-likeness (QED) is 0.812. The molecule has 0 bridgehead atoms. The highest BCUT2D eigenvalue weighted by Crippen LogP contribution is 2.25. The van der Waals surface area contributed by atoms with Crippen molar-refractivity contribution in [3.8, 4) is 0 Å². The Hall–Kier alpha value is -2.62. The number of carbonyl (C=O) groups is 2. The van der Waals surface area contributed by atoms with E-state index >= 15 is 0 Å². The van der Waals surface area contributed by atoms with Gasteiger partial charge in [-0.2, -0.15) is 0 Å². The lowest BCUT2D eigenvalue weighted by Gasteiger charge is -2.30. The van der Waals surface area contributed by atoms with E-state index in [1.807, 2.05) is 43.3 Å². The molecule has 0 unspecified atom stereocenters. The molecule has 126 valence electrons. The van der Waals surface area contributed by atoms with E-state index in [9.17, 15) is 9.59 Å². The third-order valence-electron chi connectivity index (χ3n) is 3.50. The molecular weight excluding hydrogens is 302 g/mol. The van der Waals surface area contributed by atoms with Crippen LogP contribution in [0.3, 0.4) is 0 Å². The van der Waals surface area contributed by atoms with Gasteiger partial charge in [-0.15, -0.1) is 0 Å². The second kappa shape index (κ2) is 7.30. The average molecular weight is 325 g/mol. The minimum Gasteiger partial charge on any atom is -0.443 e. The standard InChI is InChI=1S/C20H23NO3/c1-15(16-11-7-5-8-12-16)21(19(23)24-20(2,3)4)18(22)17-13-9-6-10-14-17/h5-15H,1-4H3/t15-/m1/s1. The monoisotopic (exact) mass is 325 g/mol. The lowest BCUT2D eigenvalue weighted by atomic mass is 10.1. The van der Waals surface area contributed by atoms with Crippen LogP contribution in [0.5, 0.6) is 0 Å². The fourth-order valence-electron chi connectivity index (χ4n) is 2.33. The molecule has 2 aromatic rings. The first-order valence-corrected chi connectivity index (χ1v) is 7.96. The number of carbonyl (C=O) groups excluding carboxylic acids is 2. The maximum atomic E-state index is 12.9. The zero-order valence-electron chi connectivity index (χ0n) is 14.5. The molecule has 0 N–H and O–H groups in total. The average Bonchev–Trinajstić information content (AvgIpc) is 2.55. The number of imide groups is 1. The summed E-state index contributed by atoms with van der Waals surface area (Å²) in [6, 6.07) is 17.8. The molecule has 2 rings (SSSR count). The first-order valence-electron chi connectivity index (χ1n) is 7.96. The van der Waals surface area contributed by atoms with Gasteiger partial charge in [0.2, 0.25) is 0 Å². The highest BCUT2D eigenvalue weighted by molar-refractivity contribution is 6.03. The van der Waals surface area contributed by atoms with Crippen LogP contribution < -0.4 is 0 Å². The molecule has 0 radical (unpaired) electrons. The van der Waals surface area contributed by atoms with Gasteiger partial charge in [-0.05, 0) is 45.4 Å². The van der Waals surface area contributed by atoms with Crippen molar-refractivity contribution in [3.63, 3.8) is 0 Å². The third-order valence-corrected chi connectivity index (χ3v) is 3.50. The van der Waals surface area contributed by atoms with Gasteiger partial charge in [0.15, 0.2) is 0 Å². The van der Waals surface area contributed by atoms with Crippen molar-refractivity contribution < 1.29 is 14.3 Å². The van der Waals surface area contributed by atoms with Crippen LogP contribution in [-0.4, -0.2) is 22.5 Å². The van der Waals surface area contributed by atoms with Gasteiger partial charge in [-0.25, -0.2) is 9.69 Å². The van der Waals surface area contributed by atoms with Crippen molar-refractivity contribution in [2.75, 3.05) is 0 Å². The van der Waals surface area contributed by atoms with Gasteiger partial charge in [0, 0.05) is 5.56 Å². The maximum absolute atomic E-state index is 12.9. The van der Waals surface area contributed by atoms with E-state index in [-0.39, 0.29) is 5.91 Å². The predicted octanol–water partition coefficient (Wildman–Crippen LogP) is 4.83. The molecule has 0 fully saturated rings. The van der Waals surface area contributed by atoms with Crippen molar-refractivity contribution in [3.05, 3.63) is 71.8 Å². The zero-order valence-corrected chi connectivity index (χ0v) is 14.5. The van der Waals surface area contributed by atoms with Gasteiger partial charge in [-0.1, -0.05) is 48.5 Å². The fourth-order valence-corrected chi connectivity index (χ4v) is 2.33. The topological polar surface area (TPSA) is 46.6 Å². The van der Waals surface area contributed by atoms with Crippen LogP contribution in [0.15, 0.2) is 60.7 Å². The van der Waals surface area contributed by atoms with Crippen LogP contribution in [0.2, 0.25) is 0 Å². The molecule has 2 amide bonds. The normalized spacial score (nSPS) is 12.3. The number of nitrogens with zero attached hydrogens (tertiary/aromatic N) is 1. The van der Waals surface area contributed by atoms with E-state index in [1.165, 1.54) is 4.90 Å². The van der Waals surface area contributed by atoms with E-state index in [0.717, 1.165) is 5.56 Å². The van der Waals surface area contributed by atoms with E-state index in [0.29, 0.717) is 5.56 Å². The number of amides is 2. The molecule has 0 saturated heterocycles. The summed E-state index contributed by atoms with van der Waals surface area (Å²) >= 11 is 0. The summed E-state index contributed by atoms with van der Waals surface area (Å²) in [5.74, 6) is -0.374. The summed E-state index contributed by atoms with van der Waals surface area (Å²) in [7, 11) is 0. The lowest BCUT2D eigenvalue weighted by Crippen LogP contribution is -2.42. The summed E-state index contributed by atoms with van der Waals surface area (Å²) in [5, 5.41) is 0. The second-order valence-corrected chi connectivity index (χ2v) is 6.61. The van der Waals surface area contributed by atoms with Gasteiger partial charge < -0.3 is 4.74 Å². The Kier molecular flexibility index (Phi) is 5.39. The Balaban J connectivity index is 2.38. The molecule has 0 aliphatic heterocycles. The van der Waals surface area contributed by atoms with E-state index < -0.39 is 17.7 Å². The molecule has 0 aliphatic rings. The van der Waals surface area contributed by atoms with Gasteiger partial charge in [0.05, 0.1) is 6.04 Å². The van der Waals surface area contributed by atoms with Crippen molar-refractivity contribution in [1.82, 2.24) is 4.90 Å². The van der Waals surface area contributed by atoms with E-state index in [2.05, 4.69) is 0 Å². The van der Waals surface area contributed by atoms with Crippen molar-refractivity contribution in [1.29, 1.82) is 0 Å². The summed E-state index contributed by atoms with van der Waals surface area (Å²) in [5.41, 5.74) is 0.640. The molecule has 0 spiro atoms. The van der Waals surface area contributed by atoms with E-state index in [1.54, 1.807) is 45.0 Å².